The first-order valence-electron chi connectivity index (χ1n) is 9.88. The molecule has 1 aliphatic rings. The monoisotopic (exact) mass is 377 g/mol. The number of nitrogens with one attached hydrogen (secondary N) is 2. The number of nitrogens with zero attached hydrogens (tertiary/aromatic N) is 1. The third-order valence-corrected chi connectivity index (χ3v) is 5.13. The molecule has 28 heavy (non-hydrogen) atoms. The van der Waals surface area contributed by atoms with E-state index in [1.165, 1.54) is 6.07 Å². The average Bonchev–Trinajstić information content (AvgIpc) is 2.84. The Labute approximate surface area is 167 Å². The van der Waals surface area contributed by atoms with Crippen LogP contribution < -0.4 is 10.6 Å². The Kier molecular flexibility index (Phi) is 6.30. The Hall–Kier alpha value is -2.88. The van der Waals surface area contributed by atoms with Crippen molar-refractivity contribution in [3.05, 3.63) is 90.0 Å². The maximum absolute atomic E-state index is 14.6. The predicted octanol–water partition coefficient (Wildman–Crippen LogP) is 5.86. The molecule has 2 aromatic rings. The second kappa shape index (κ2) is 8.87. The third-order valence-electron chi connectivity index (χ3n) is 5.13. The van der Waals surface area contributed by atoms with Crippen molar-refractivity contribution in [2.75, 3.05) is 5.32 Å². The van der Waals surface area contributed by atoms with Crippen LogP contribution in [0.15, 0.2) is 78.1 Å². The van der Waals surface area contributed by atoms with Crippen LogP contribution in [0.4, 0.5) is 10.1 Å². The Balaban J connectivity index is 2.02. The zero-order valence-electron chi connectivity index (χ0n) is 16.6. The molecule has 4 heteroatoms. The van der Waals surface area contributed by atoms with Crippen molar-refractivity contribution in [1.29, 1.82) is 0 Å². The van der Waals surface area contributed by atoms with E-state index in [9.17, 15) is 4.39 Å². The third kappa shape index (κ3) is 4.16. The number of anilines is 1. The van der Waals surface area contributed by atoms with E-state index in [0.29, 0.717) is 17.3 Å². The summed E-state index contributed by atoms with van der Waals surface area (Å²) in [4.78, 5) is 4.94. The van der Waals surface area contributed by atoms with Crippen molar-refractivity contribution in [1.82, 2.24) is 5.32 Å². The molecule has 2 atom stereocenters. The van der Waals surface area contributed by atoms with E-state index in [0.717, 1.165) is 41.8 Å². The van der Waals surface area contributed by atoms with Crippen LogP contribution in [0.5, 0.6) is 0 Å². The maximum Gasteiger partial charge on any atom is 0.159 e. The molecular weight excluding hydrogens is 349 g/mol. The number of para-hydroxylation sites is 1. The largest absolute Gasteiger partial charge is 0.363 e. The highest BCUT2D eigenvalue weighted by Gasteiger charge is 2.25. The van der Waals surface area contributed by atoms with Crippen LogP contribution in [0, 0.1) is 11.7 Å². The Morgan fingerprint density at radius 2 is 1.93 bits per heavy atom. The average molecular weight is 378 g/mol. The predicted molar refractivity (Wildman–Crippen MR) is 116 cm³/mol. The molecule has 146 valence electrons. The summed E-state index contributed by atoms with van der Waals surface area (Å²) in [6.45, 7) is 12.7. The van der Waals surface area contributed by atoms with Gasteiger partial charge in [0.2, 0.25) is 0 Å². The molecule has 2 aromatic carbocycles. The highest BCUT2D eigenvalue weighted by molar-refractivity contribution is 6.16. The lowest BCUT2D eigenvalue weighted by atomic mass is 9.97. The minimum absolute atomic E-state index is 0.320. The molecule has 0 radical (unpaired) electrons. The highest BCUT2D eigenvalue weighted by Crippen LogP contribution is 2.29. The van der Waals surface area contributed by atoms with E-state index in [2.05, 4.69) is 37.6 Å². The smallest absolute Gasteiger partial charge is 0.159 e. The fourth-order valence-corrected chi connectivity index (χ4v) is 3.57. The maximum atomic E-state index is 14.6. The van der Waals surface area contributed by atoms with Gasteiger partial charge in [0.1, 0.15) is 5.82 Å². The lowest BCUT2D eigenvalue weighted by molar-refractivity contribution is 0.483. The minimum Gasteiger partial charge on any atom is -0.363 e. The summed E-state index contributed by atoms with van der Waals surface area (Å²) in [6.07, 6.45) is 2.74. The van der Waals surface area contributed by atoms with Crippen molar-refractivity contribution in [3.8, 4) is 0 Å². The lowest BCUT2D eigenvalue weighted by Crippen LogP contribution is -2.33. The van der Waals surface area contributed by atoms with Crippen molar-refractivity contribution in [2.24, 2.45) is 10.9 Å². The molecule has 0 fully saturated rings. The van der Waals surface area contributed by atoms with Crippen molar-refractivity contribution in [2.45, 2.75) is 39.3 Å². The number of halogens is 1. The topological polar surface area (TPSA) is 36.4 Å². The molecular formula is C24H28FN3. The number of fused-ring (bicyclic) bond motifs is 1. The van der Waals surface area contributed by atoms with Gasteiger partial charge in [-0.05, 0) is 24.8 Å². The Bertz CT molecular complexity index is 886. The fourth-order valence-electron chi connectivity index (χ4n) is 3.57. The number of hydrogen-bond acceptors (Lipinski definition) is 3. The van der Waals surface area contributed by atoms with Gasteiger partial charge in [0, 0.05) is 16.8 Å². The molecule has 2 unspecified atom stereocenters. The molecule has 0 aliphatic carbocycles. The van der Waals surface area contributed by atoms with Gasteiger partial charge in [-0.15, -0.1) is 0 Å². The molecule has 0 aromatic heterocycles. The summed E-state index contributed by atoms with van der Waals surface area (Å²) in [5, 5.41) is 6.58. The van der Waals surface area contributed by atoms with E-state index in [-0.39, 0.29) is 5.82 Å². The van der Waals surface area contributed by atoms with E-state index in [1.54, 1.807) is 6.07 Å². The summed E-state index contributed by atoms with van der Waals surface area (Å²) in [5.41, 5.74) is 4.34. The second-order valence-electron chi connectivity index (χ2n) is 7.12. The first kappa shape index (κ1) is 19.9. The van der Waals surface area contributed by atoms with Crippen LogP contribution in [0.2, 0.25) is 0 Å². The number of hydrogen-bond donors (Lipinski definition) is 2. The lowest BCUT2D eigenvalue weighted by Gasteiger charge is -2.24. The summed E-state index contributed by atoms with van der Waals surface area (Å²) >= 11 is 0. The van der Waals surface area contributed by atoms with Crippen LogP contribution in [-0.2, 0) is 0 Å². The molecule has 3 nitrogen and oxygen atoms in total. The van der Waals surface area contributed by atoms with Gasteiger partial charge in [0.15, 0.2) is 6.17 Å². The fraction of sp³-hybridized carbons (Fsp3) is 0.292. The van der Waals surface area contributed by atoms with Gasteiger partial charge in [-0.2, -0.15) is 0 Å². The van der Waals surface area contributed by atoms with Gasteiger partial charge in [0.05, 0.1) is 17.1 Å². The minimum atomic E-state index is -0.430. The Morgan fingerprint density at radius 1 is 1.18 bits per heavy atom. The van der Waals surface area contributed by atoms with E-state index >= 15 is 0 Å². The zero-order chi connectivity index (χ0) is 20.1. The molecule has 1 aliphatic heterocycles. The first-order chi connectivity index (χ1) is 13.5. The quantitative estimate of drug-likeness (QED) is 0.634. The van der Waals surface area contributed by atoms with E-state index < -0.39 is 6.17 Å². The SMILES string of the molecule is C=C(NC1N=C(c2ccccc2)c2cccc(F)c2NC1=C)C(CC)CCC. The van der Waals surface area contributed by atoms with Crippen LogP contribution in [-0.4, -0.2) is 11.9 Å². The van der Waals surface area contributed by atoms with Crippen molar-refractivity contribution in [3.63, 3.8) is 0 Å². The van der Waals surface area contributed by atoms with Crippen LogP contribution in [0.3, 0.4) is 0 Å². The molecule has 2 N–H and O–H groups in total. The number of benzene rings is 2. The standard InChI is InChI=1S/C24H28FN3/c1-5-11-18(6-2)16(3)27-24-17(4)26-23-20(14-10-15-21(23)25)22(28-24)19-12-8-7-9-13-19/h7-10,12-15,18,24,26-27H,3-6,11H2,1-2H3. The van der Waals surface area contributed by atoms with Gasteiger partial charge < -0.3 is 10.6 Å². The summed E-state index contributed by atoms with van der Waals surface area (Å²) < 4.78 is 14.6. The molecule has 3 rings (SSSR count). The van der Waals surface area contributed by atoms with Crippen molar-refractivity contribution < 1.29 is 4.39 Å². The zero-order valence-corrected chi connectivity index (χ0v) is 16.6. The number of rotatable bonds is 7. The van der Waals surface area contributed by atoms with E-state index in [4.69, 9.17) is 4.99 Å². The molecule has 0 saturated heterocycles. The van der Waals surface area contributed by atoms with Gasteiger partial charge in [-0.25, -0.2) is 4.39 Å². The summed E-state index contributed by atoms with van der Waals surface area (Å²) in [7, 11) is 0. The molecule has 1 heterocycles. The van der Waals surface area contributed by atoms with Gasteiger partial charge in [0.25, 0.3) is 0 Å². The number of allylic oxidation sites excluding steroid dienone is 1. The Morgan fingerprint density at radius 3 is 2.61 bits per heavy atom. The number of benzodiazepines with no additional fused rings is 1. The molecule has 0 amide bonds. The van der Waals surface area contributed by atoms with Gasteiger partial charge >= 0.3 is 0 Å². The highest BCUT2D eigenvalue weighted by atomic mass is 19.1. The van der Waals surface area contributed by atoms with Crippen LogP contribution >= 0.6 is 0 Å². The molecule has 0 bridgehead atoms. The molecule has 0 spiro atoms. The van der Waals surface area contributed by atoms with Gasteiger partial charge in [-0.3, -0.25) is 4.99 Å². The molecule has 0 saturated carbocycles. The number of aliphatic imine (C=N–C) groups is 1. The van der Waals surface area contributed by atoms with Crippen LogP contribution in [0.1, 0.15) is 44.2 Å². The summed E-state index contributed by atoms with van der Waals surface area (Å²) in [6, 6.07) is 14.9. The second-order valence-corrected chi connectivity index (χ2v) is 7.12. The normalized spacial score (nSPS) is 17.0. The van der Waals surface area contributed by atoms with E-state index in [1.807, 2.05) is 36.4 Å². The summed E-state index contributed by atoms with van der Waals surface area (Å²) in [5.74, 6) is 0.0507. The van der Waals surface area contributed by atoms with Gasteiger partial charge in [-0.1, -0.05) is 75.9 Å². The van der Waals surface area contributed by atoms with Crippen molar-refractivity contribution >= 4 is 11.4 Å². The first-order valence-corrected chi connectivity index (χ1v) is 9.88. The van der Waals surface area contributed by atoms with Crippen LogP contribution in [0.25, 0.3) is 0 Å².